The molecule has 2 heterocycles. The quantitative estimate of drug-likeness (QED) is 0.755. The van der Waals surface area contributed by atoms with Gasteiger partial charge in [0.2, 0.25) is 5.91 Å². The van der Waals surface area contributed by atoms with Gasteiger partial charge >= 0.3 is 0 Å². The van der Waals surface area contributed by atoms with Gasteiger partial charge in [-0.2, -0.15) is 0 Å². The Bertz CT molecular complexity index is 302. The van der Waals surface area contributed by atoms with Gasteiger partial charge in [-0.05, 0) is 50.6 Å². The van der Waals surface area contributed by atoms with E-state index in [-0.39, 0.29) is 12.4 Å². The summed E-state index contributed by atoms with van der Waals surface area (Å²) < 4.78 is 0. The van der Waals surface area contributed by atoms with Crippen molar-refractivity contribution in [1.82, 2.24) is 10.2 Å². The molecule has 20 heavy (non-hydrogen) atoms. The Morgan fingerprint density at radius 3 is 1.95 bits per heavy atom. The second kappa shape index (κ2) is 7.65. The van der Waals surface area contributed by atoms with Crippen LogP contribution >= 0.6 is 12.4 Å². The van der Waals surface area contributed by atoms with E-state index in [4.69, 9.17) is 0 Å². The van der Waals surface area contributed by atoms with Gasteiger partial charge in [0.15, 0.2) is 0 Å². The lowest BCUT2D eigenvalue weighted by Crippen LogP contribution is -2.37. The predicted octanol–water partition coefficient (Wildman–Crippen LogP) is 2.84. The van der Waals surface area contributed by atoms with E-state index in [0.717, 1.165) is 37.8 Å². The summed E-state index contributed by atoms with van der Waals surface area (Å²) in [5.41, 5.74) is 0. The Hall–Kier alpha value is -0.280. The molecule has 0 radical (unpaired) electrons. The Kier molecular flexibility index (Phi) is 6.16. The lowest BCUT2D eigenvalue weighted by Gasteiger charge is -2.25. The third kappa shape index (κ3) is 3.67. The largest absolute Gasteiger partial charge is 0.342 e. The molecule has 0 aromatic heterocycles. The van der Waals surface area contributed by atoms with Gasteiger partial charge < -0.3 is 10.2 Å². The van der Waals surface area contributed by atoms with E-state index < -0.39 is 0 Å². The first-order valence-electron chi connectivity index (χ1n) is 8.34. The number of likely N-dealkylation sites (tertiary alicyclic amines) is 1. The zero-order valence-corrected chi connectivity index (χ0v) is 13.3. The molecule has 3 nitrogen and oxygen atoms in total. The minimum absolute atomic E-state index is 0. The van der Waals surface area contributed by atoms with Gasteiger partial charge in [0.05, 0.1) is 0 Å². The average Bonchev–Trinajstić information content (AvgIpc) is 2.66. The maximum absolute atomic E-state index is 12.7. The smallest absolute Gasteiger partial charge is 0.225 e. The van der Waals surface area contributed by atoms with Gasteiger partial charge in [-0.15, -0.1) is 12.4 Å². The summed E-state index contributed by atoms with van der Waals surface area (Å²) in [4.78, 5) is 14.9. The zero-order valence-electron chi connectivity index (χ0n) is 12.5. The van der Waals surface area contributed by atoms with Crippen LogP contribution in [-0.4, -0.2) is 37.0 Å². The van der Waals surface area contributed by atoms with Gasteiger partial charge in [0.25, 0.3) is 0 Å². The fourth-order valence-electron chi connectivity index (χ4n) is 4.22. The summed E-state index contributed by atoms with van der Waals surface area (Å²) in [7, 11) is 0. The normalized spacial score (nSPS) is 31.9. The third-order valence-corrected chi connectivity index (χ3v) is 5.54. The van der Waals surface area contributed by atoms with Crippen LogP contribution in [0.25, 0.3) is 0 Å². The summed E-state index contributed by atoms with van der Waals surface area (Å²) in [6.45, 7) is 4.38. The number of carbonyl (C=O) groups excluding carboxylic acids is 1. The molecule has 0 unspecified atom stereocenters. The molecule has 0 aromatic carbocycles. The highest BCUT2D eigenvalue weighted by atomic mass is 35.5. The Balaban J connectivity index is 0.00000147. The molecule has 1 saturated carbocycles. The fourth-order valence-corrected chi connectivity index (χ4v) is 4.22. The second-order valence-corrected chi connectivity index (χ2v) is 6.77. The third-order valence-electron chi connectivity index (χ3n) is 5.54. The van der Waals surface area contributed by atoms with Crippen LogP contribution in [0.1, 0.15) is 51.4 Å². The molecule has 0 bridgehead atoms. The van der Waals surface area contributed by atoms with Gasteiger partial charge in [-0.3, -0.25) is 4.79 Å². The van der Waals surface area contributed by atoms with Crippen molar-refractivity contribution in [3.63, 3.8) is 0 Å². The first kappa shape index (κ1) is 16.1. The van der Waals surface area contributed by atoms with E-state index >= 15 is 0 Å². The number of nitrogens with one attached hydrogen (secondary N) is 1. The van der Waals surface area contributed by atoms with Crippen LogP contribution in [0, 0.1) is 17.8 Å². The average molecular weight is 301 g/mol. The molecule has 2 atom stereocenters. The van der Waals surface area contributed by atoms with Crippen LogP contribution < -0.4 is 5.32 Å². The van der Waals surface area contributed by atoms with E-state index in [1.165, 1.54) is 51.6 Å². The van der Waals surface area contributed by atoms with Crippen molar-refractivity contribution in [2.75, 3.05) is 26.2 Å². The summed E-state index contributed by atoms with van der Waals surface area (Å²) in [5.74, 6) is 2.48. The van der Waals surface area contributed by atoms with Crippen molar-refractivity contribution in [2.45, 2.75) is 51.4 Å². The van der Waals surface area contributed by atoms with Crippen molar-refractivity contribution in [1.29, 1.82) is 0 Å². The number of amides is 1. The predicted molar refractivity (Wildman–Crippen MR) is 84.1 cm³/mol. The van der Waals surface area contributed by atoms with Gasteiger partial charge in [0, 0.05) is 19.0 Å². The number of hydrogen-bond acceptors (Lipinski definition) is 2. The molecule has 116 valence electrons. The van der Waals surface area contributed by atoms with Crippen LogP contribution in [0.2, 0.25) is 0 Å². The minimum Gasteiger partial charge on any atom is -0.342 e. The molecule has 0 aromatic rings. The number of halogens is 1. The van der Waals surface area contributed by atoms with Crippen molar-refractivity contribution < 1.29 is 4.79 Å². The molecule has 2 saturated heterocycles. The summed E-state index contributed by atoms with van der Waals surface area (Å²) in [6.07, 6.45) is 9.91. The van der Waals surface area contributed by atoms with Crippen LogP contribution in [0.15, 0.2) is 0 Å². The first-order chi connectivity index (χ1) is 9.34. The fraction of sp³-hybridized carbons (Fsp3) is 0.938. The van der Waals surface area contributed by atoms with E-state index in [2.05, 4.69) is 10.2 Å². The van der Waals surface area contributed by atoms with Crippen LogP contribution in [-0.2, 0) is 4.79 Å². The van der Waals surface area contributed by atoms with E-state index in [1.807, 2.05) is 0 Å². The zero-order chi connectivity index (χ0) is 13.1. The van der Waals surface area contributed by atoms with Crippen molar-refractivity contribution in [3.8, 4) is 0 Å². The molecule has 2 aliphatic heterocycles. The molecule has 0 spiro atoms. The van der Waals surface area contributed by atoms with Gasteiger partial charge in [-0.1, -0.05) is 25.7 Å². The van der Waals surface area contributed by atoms with Gasteiger partial charge in [0.1, 0.15) is 0 Å². The Morgan fingerprint density at radius 1 is 0.850 bits per heavy atom. The summed E-state index contributed by atoms with van der Waals surface area (Å²) >= 11 is 0. The van der Waals surface area contributed by atoms with Gasteiger partial charge in [-0.25, -0.2) is 0 Å². The molecular weight excluding hydrogens is 272 g/mol. The van der Waals surface area contributed by atoms with Crippen LogP contribution in [0.4, 0.5) is 0 Å². The van der Waals surface area contributed by atoms with Crippen molar-refractivity contribution >= 4 is 18.3 Å². The topological polar surface area (TPSA) is 32.3 Å². The Labute approximate surface area is 129 Å². The van der Waals surface area contributed by atoms with Crippen LogP contribution in [0.3, 0.4) is 0 Å². The molecule has 3 fully saturated rings. The highest BCUT2D eigenvalue weighted by molar-refractivity contribution is 5.85. The van der Waals surface area contributed by atoms with Crippen molar-refractivity contribution in [3.05, 3.63) is 0 Å². The maximum atomic E-state index is 12.7. The standard InChI is InChI=1S/C16H28N2O.ClH/c19-16(13-5-3-1-2-4-6-13)18-9-7-14-11-17-12-15(14)8-10-18;/h13-15,17H,1-12H2;1H/t14-,15+;. The molecule has 3 aliphatic rings. The molecule has 4 heteroatoms. The lowest BCUT2D eigenvalue weighted by atomic mass is 9.92. The molecule has 1 aliphatic carbocycles. The first-order valence-corrected chi connectivity index (χ1v) is 8.34. The number of nitrogens with zero attached hydrogens (tertiary/aromatic N) is 1. The second-order valence-electron chi connectivity index (χ2n) is 6.77. The van der Waals surface area contributed by atoms with Crippen LogP contribution in [0.5, 0.6) is 0 Å². The highest BCUT2D eigenvalue weighted by Gasteiger charge is 2.33. The highest BCUT2D eigenvalue weighted by Crippen LogP contribution is 2.30. The minimum atomic E-state index is 0. The molecular formula is C16H29ClN2O. The van der Waals surface area contributed by atoms with E-state index in [9.17, 15) is 4.79 Å². The number of carbonyl (C=O) groups is 1. The summed E-state index contributed by atoms with van der Waals surface area (Å²) in [6, 6.07) is 0. The number of hydrogen-bond donors (Lipinski definition) is 1. The van der Waals surface area contributed by atoms with Crippen molar-refractivity contribution in [2.24, 2.45) is 17.8 Å². The van der Waals surface area contributed by atoms with E-state index in [1.54, 1.807) is 0 Å². The SMILES string of the molecule is Cl.O=C(C1CCCCCC1)N1CC[C@@H]2CNC[C@@H]2CC1. The molecule has 1 amide bonds. The molecule has 3 rings (SSSR count). The number of rotatable bonds is 1. The summed E-state index contributed by atoms with van der Waals surface area (Å²) in [5, 5.41) is 3.50. The monoisotopic (exact) mass is 300 g/mol. The number of fused-ring (bicyclic) bond motifs is 1. The maximum Gasteiger partial charge on any atom is 0.225 e. The Morgan fingerprint density at radius 2 is 1.40 bits per heavy atom. The van der Waals surface area contributed by atoms with E-state index in [0.29, 0.717) is 11.8 Å². The molecule has 1 N–H and O–H groups in total. The lowest BCUT2D eigenvalue weighted by molar-refractivity contribution is -0.136.